The highest BCUT2D eigenvalue weighted by atomic mass is 16.6. The summed E-state index contributed by atoms with van der Waals surface area (Å²) < 4.78 is 0. The topological polar surface area (TPSA) is 91.8 Å². The second-order valence-corrected chi connectivity index (χ2v) is 5.32. The molecule has 0 radical (unpaired) electrons. The summed E-state index contributed by atoms with van der Waals surface area (Å²) in [6, 6.07) is 3.53. The highest BCUT2D eigenvalue weighted by Gasteiger charge is 2.22. The van der Waals surface area contributed by atoms with E-state index in [1.165, 1.54) is 25.1 Å². The zero-order chi connectivity index (χ0) is 14.5. The van der Waals surface area contributed by atoms with Gasteiger partial charge < -0.3 is 5.32 Å². The van der Waals surface area contributed by atoms with Crippen LogP contribution in [0, 0.1) is 27.4 Å². The second-order valence-electron chi connectivity index (χ2n) is 5.32. The van der Waals surface area contributed by atoms with E-state index in [0.29, 0.717) is 11.7 Å². The third-order valence-corrected chi connectivity index (χ3v) is 3.89. The molecular formula is C14H18N4O2. The molecule has 1 heterocycles. The molecule has 0 aliphatic heterocycles. The van der Waals surface area contributed by atoms with Gasteiger partial charge in [0.1, 0.15) is 23.6 Å². The van der Waals surface area contributed by atoms with Crippen LogP contribution in [0.3, 0.4) is 0 Å². The fourth-order valence-corrected chi connectivity index (χ4v) is 2.64. The van der Waals surface area contributed by atoms with Crippen molar-refractivity contribution in [2.75, 3.05) is 5.32 Å². The number of anilines is 1. The van der Waals surface area contributed by atoms with Crippen molar-refractivity contribution in [2.24, 2.45) is 5.92 Å². The summed E-state index contributed by atoms with van der Waals surface area (Å²) in [7, 11) is 0. The Bertz CT molecular complexity index is 538. The molecule has 1 fully saturated rings. The van der Waals surface area contributed by atoms with Gasteiger partial charge in [-0.2, -0.15) is 5.26 Å². The van der Waals surface area contributed by atoms with Crippen LogP contribution in [0.5, 0.6) is 0 Å². The van der Waals surface area contributed by atoms with Crippen molar-refractivity contribution >= 4 is 11.5 Å². The Morgan fingerprint density at radius 1 is 1.45 bits per heavy atom. The number of rotatable bonds is 3. The van der Waals surface area contributed by atoms with Crippen molar-refractivity contribution in [3.05, 3.63) is 27.9 Å². The predicted molar refractivity (Wildman–Crippen MR) is 75.3 cm³/mol. The molecular weight excluding hydrogens is 256 g/mol. The third-order valence-electron chi connectivity index (χ3n) is 3.89. The number of hydrogen-bond acceptors (Lipinski definition) is 5. The SMILES string of the molecule is CC1CCCCCC1Nc1ncc([N+](=O)[O-])cc1C#N. The van der Waals surface area contributed by atoms with Crippen LogP contribution in [0.15, 0.2) is 12.3 Å². The van der Waals surface area contributed by atoms with E-state index in [-0.39, 0.29) is 17.3 Å². The van der Waals surface area contributed by atoms with Gasteiger partial charge >= 0.3 is 0 Å². The van der Waals surface area contributed by atoms with Crippen LogP contribution in [0.2, 0.25) is 0 Å². The number of hydrogen-bond donors (Lipinski definition) is 1. The minimum Gasteiger partial charge on any atom is -0.366 e. The second kappa shape index (κ2) is 6.33. The van der Waals surface area contributed by atoms with Gasteiger partial charge in [0.15, 0.2) is 0 Å². The first kappa shape index (κ1) is 14.3. The van der Waals surface area contributed by atoms with Gasteiger partial charge in [0.05, 0.1) is 4.92 Å². The van der Waals surface area contributed by atoms with E-state index >= 15 is 0 Å². The Balaban J connectivity index is 2.20. The summed E-state index contributed by atoms with van der Waals surface area (Å²) in [5.74, 6) is 0.970. The normalized spacial score (nSPS) is 22.6. The van der Waals surface area contributed by atoms with Crippen LogP contribution in [-0.2, 0) is 0 Å². The average molecular weight is 274 g/mol. The fraction of sp³-hybridized carbons (Fsp3) is 0.571. The maximum atomic E-state index is 10.7. The molecule has 20 heavy (non-hydrogen) atoms. The first-order chi connectivity index (χ1) is 9.61. The zero-order valence-electron chi connectivity index (χ0n) is 11.5. The lowest BCUT2D eigenvalue weighted by Crippen LogP contribution is -2.27. The van der Waals surface area contributed by atoms with Crippen LogP contribution < -0.4 is 5.32 Å². The molecule has 6 heteroatoms. The molecule has 1 aromatic heterocycles. The van der Waals surface area contributed by atoms with E-state index in [1.54, 1.807) is 0 Å². The highest BCUT2D eigenvalue weighted by Crippen LogP contribution is 2.27. The summed E-state index contributed by atoms with van der Waals surface area (Å²) >= 11 is 0. The lowest BCUT2D eigenvalue weighted by Gasteiger charge is -2.23. The molecule has 0 aromatic carbocycles. The summed E-state index contributed by atoms with van der Waals surface area (Å²) in [6.07, 6.45) is 7.04. The van der Waals surface area contributed by atoms with E-state index in [1.807, 2.05) is 6.07 Å². The molecule has 2 rings (SSSR count). The minimum atomic E-state index is -0.536. The average Bonchev–Trinajstić information content (AvgIpc) is 2.64. The van der Waals surface area contributed by atoms with Crippen molar-refractivity contribution in [3.63, 3.8) is 0 Å². The molecule has 106 valence electrons. The monoisotopic (exact) mass is 274 g/mol. The van der Waals surface area contributed by atoms with Gasteiger partial charge in [-0.25, -0.2) is 4.98 Å². The third kappa shape index (κ3) is 3.23. The lowest BCUT2D eigenvalue weighted by molar-refractivity contribution is -0.385. The van der Waals surface area contributed by atoms with E-state index in [9.17, 15) is 10.1 Å². The van der Waals surface area contributed by atoms with E-state index < -0.39 is 4.92 Å². The number of nitriles is 1. The largest absolute Gasteiger partial charge is 0.366 e. The van der Waals surface area contributed by atoms with Gasteiger partial charge in [-0.05, 0) is 18.8 Å². The Hall–Kier alpha value is -2.16. The Kier molecular flexibility index (Phi) is 4.51. The maximum Gasteiger partial charge on any atom is 0.289 e. The highest BCUT2D eigenvalue weighted by molar-refractivity contribution is 5.56. The van der Waals surface area contributed by atoms with Gasteiger partial charge in [-0.1, -0.05) is 26.2 Å². The number of nitrogens with one attached hydrogen (secondary N) is 1. The van der Waals surface area contributed by atoms with Crippen molar-refractivity contribution in [2.45, 2.75) is 45.1 Å². The Morgan fingerprint density at radius 3 is 2.90 bits per heavy atom. The molecule has 6 nitrogen and oxygen atoms in total. The van der Waals surface area contributed by atoms with Crippen LogP contribution in [-0.4, -0.2) is 15.9 Å². The fourth-order valence-electron chi connectivity index (χ4n) is 2.64. The number of nitrogens with zero attached hydrogens (tertiary/aromatic N) is 3. The number of nitro groups is 1. The summed E-state index contributed by atoms with van der Waals surface area (Å²) in [6.45, 7) is 2.19. The molecule has 1 aromatic rings. The molecule has 1 aliphatic carbocycles. The van der Waals surface area contributed by atoms with Crippen LogP contribution in [0.1, 0.15) is 44.6 Å². The zero-order valence-corrected chi connectivity index (χ0v) is 11.5. The van der Waals surface area contributed by atoms with Crippen molar-refractivity contribution < 1.29 is 4.92 Å². The standard InChI is InChI=1S/C14H18N4O2/c1-10-5-3-2-4-6-13(10)17-14-11(8-15)7-12(9-16-14)18(19)20/h7,9-10,13H,2-6H2,1H3,(H,16,17). The van der Waals surface area contributed by atoms with E-state index in [4.69, 9.17) is 5.26 Å². The van der Waals surface area contributed by atoms with Gasteiger partial charge in [-0.15, -0.1) is 0 Å². The van der Waals surface area contributed by atoms with Gasteiger partial charge in [0.25, 0.3) is 5.69 Å². The first-order valence-electron chi connectivity index (χ1n) is 6.93. The molecule has 1 saturated carbocycles. The first-order valence-corrected chi connectivity index (χ1v) is 6.93. The maximum absolute atomic E-state index is 10.7. The molecule has 0 bridgehead atoms. The molecule has 1 aliphatic rings. The van der Waals surface area contributed by atoms with Crippen LogP contribution in [0.25, 0.3) is 0 Å². The van der Waals surface area contributed by atoms with E-state index in [2.05, 4.69) is 17.2 Å². The summed E-state index contributed by atoms with van der Waals surface area (Å²) in [5.41, 5.74) is 0.0802. The molecule has 1 N–H and O–H groups in total. The summed E-state index contributed by atoms with van der Waals surface area (Å²) in [5, 5.41) is 23.1. The predicted octanol–water partition coefficient (Wildman–Crippen LogP) is 3.24. The van der Waals surface area contributed by atoms with E-state index in [0.717, 1.165) is 19.3 Å². The van der Waals surface area contributed by atoms with Crippen molar-refractivity contribution in [1.29, 1.82) is 5.26 Å². The Morgan fingerprint density at radius 2 is 2.20 bits per heavy atom. The summed E-state index contributed by atoms with van der Waals surface area (Å²) in [4.78, 5) is 14.2. The number of aromatic nitrogens is 1. The number of pyridine rings is 1. The van der Waals surface area contributed by atoms with Crippen molar-refractivity contribution in [1.82, 2.24) is 4.98 Å². The quantitative estimate of drug-likeness (QED) is 0.519. The van der Waals surface area contributed by atoms with Crippen molar-refractivity contribution in [3.8, 4) is 6.07 Å². The van der Waals surface area contributed by atoms with Gasteiger partial charge in [-0.3, -0.25) is 10.1 Å². The molecule has 2 atom stereocenters. The Labute approximate surface area is 118 Å². The van der Waals surface area contributed by atoms with Crippen LogP contribution >= 0.6 is 0 Å². The minimum absolute atomic E-state index is 0.152. The van der Waals surface area contributed by atoms with Gasteiger partial charge in [0.2, 0.25) is 0 Å². The van der Waals surface area contributed by atoms with Gasteiger partial charge in [0, 0.05) is 12.1 Å². The smallest absolute Gasteiger partial charge is 0.289 e. The molecule has 2 unspecified atom stereocenters. The molecule has 0 spiro atoms. The lowest BCUT2D eigenvalue weighted by atomic mass is 9.97. The van der Waals surface area contributed by atoms with Crippen LogP contribution in [0.4, 0.5) is 11.5 Å². The molecule has 0 amide bonds. The molecule has 0 saturated heterocycles.